The molecular weight excluding hydrogens is 408 g/mol. The highest BCUT2D eigenvalue weighted by Gasteiger charge is 2.55. The Bertz CT molecular complexity index is 923. The monoisotopic (exact) mass is 430 g/mol. The number of phenolic OH excluding ortho intramolecular Hbond substituents is 2. The van der Waals surface area contributed by atoms with Gasteiger partial charge in [0.05, 0.1) is 10.3 Å². The van der Waals surface area contributed by atoms with Gasteiger partial charge in [0.25, 0.3) is 5.91 Å². The number of amides is 2. The number of nitrogens with zero attached hydrogens (tertiary/aromatic N) is 1. The largest absolute Gasteiger partial charge is 0.504 e. The molecule has 5 aliphatic rings. The lowest BCUT2D eigenvalue weighted by molar-refractivity contribution is -0.152. The smallest absolute Gasteiger partial charge is 0.285 e. The topological polar surface area (TPSA) is 89.9 Å². The molecule has 2 amide bonds. The quantitative estimate of drug-likeness (QED) is 0.386. The number of hydrogen-bond donors (Lipinski definition) is 3. The zero-order chi connectivity index (χ0) is 20.3. The average Bonchev–Trinajstić information content (AvgIpc) is 2.91. The lowest BCUT2D eigenvalue weighted by Gasteiger charge is -2.55. The van der Waals surface area contributed by atoms with E-state index in [1.165, 1.54) is 36.4 Å². The standard InChI is InChI=1S/C21H22N2O4S2/c24-15-2-1-11(6-16(15)25)7-17-18(26)23(20(28)29-17)22-19(27)21-8-12-3-13(9-21)5-14(4-12)10-21/h1-2,6-7,12-14,24-25H,3-5,8-10H2,(H,22,27). The molecule has 1 saturated heterocycles. The maximum Gasteiger partial charge on any atom is 0.285 e. The van der Waals surface area contributed by atoms with Crippen LogP contribution in [0.2, 0.25) is 0 Å². The van der Waals surface area contributed by atoms with Crippen molar-refractivity contribution >= 4 is 46.2 Å². The number of hydrazine groups is 1. The summed E-state index contributed by atoms with van der Waals surface area (Å²) in [5, 5.41) is 20.3. The number of benzene rings is 1. The molecule has 0 aromatic heterocycles. The van der Waals surface area contributed by atoms with Crippen LogP contribution in [0.4, 0.5) is 0 Å². The molecule has 3 N–H and O–H groups in total. The molecular formula is C21H22N2O4S2. The van der Waals surface area contributed by atoms with Crippen molar-refractivity contribution in [3.63, 3.8) is 0 Å². The Kier molecular flexibility index (Phi) is 4.40. The van der Waals surface area contributed by atoms with Crippen LogP contribution < -0.4 is 5.43 Å². The van der Waals surface area contributed by atoms with Crippen LogP contribution in [0.15, 0.2) is 23.1 Å². The minimum absolute atomic E-state index is 0.0728. The van der Waals surface area contributed by atoms with E-state index in [1.807, 2.05) is 0 Å². The van der Waals surface area contributed by atoms with Crippen LogP contribution in [0.5, 0.6) is 11.5 Å². The summed E-state index contributed by atoms with van der Waals surface area (Å²) in [5.41, 5.74) is 3.03. The minimum atomic E-state index is -0.370. The van der Waals surface area contributed by atoms with Gasteiger partial charge in [0.1, 0.15) is 0 Å². The van der Waals surface area contributed by atoms with E-state index in [0.717, 1.165) is 31.0 Å². The van der Waals surface area contributed by atoms with E-state index >= 15 is 0 Å². The summed E-state index contributed by atoms with van der Waals surface area (Å²) in [5.74, 6) is 0.990. The molecule has 1 heterocycles. The van der Waals surface area contributed by atoms with Crippen molar-refractivity contribution in [3.05, 3.63) is 28.7 Å². The summed E-state index contributed by atoms with van der Waals surface area (Å²) < 4.78 is 0.294. The van der Waals surface area contributed by atoms with Crippen molar-refractivity contribution in [3.8, 4) is 11.5 Å². The van der Waals surface area contributed by atoms with E-state index in [4.69, 9.17) is 12.2 Å². The summed E-state index contributed by atoms with van der Waals surface area (Å²) in [4.78, 5) is 26.5. The predicted octanol–water partition coefficient (Wildman–Crippen LogP) is 3.55. The van der Waals surface area contributed by atoms with Gasteiger partial charge in [-0.15, -0.1) is 0 Å². The fourth-order valence-electron chi connectivity index (χ4n) is 5.95. The van der Waals surface area contributed by atoms with Gasteiger partial charge in [-0.3, -0.25) is 15.0 Å². The van der Waals surface area contributed by atoms with Gasteiger partial charge in [-0.25, -0.2) is 0 Å². The SMILES string of the molecule is O=C1C(=Cc2ccc(O)c(O)c2)SC(=S)N1NC(=O)C12CC3CC(CC(C3)C1)C2. The number of aromatic hydroxyl groups is 2. The molecule has 152 valence electrons. The van der Waals surface area contributed by atoms with Crippen molar-refractivity contribution in [2.45, 2.75) is 38.5 Å². The fraction of sp³-hybridized carbons (Fsp3) is 0.476. The summed E-state index contributed by atoms with van der Waals surface area (Å²) in [6.45, 7) is 0. The van der Waals surface area contributed by atoms with Crippen molar-refractivity contribution in [1.82, 2.24) is 10.4 Å². The van der Waals surface area contributed by atoms with Gasteiger partial charge in [-0.2, -0.15) is 5.01 Å². The van der Waals surface area contributed by atoms with Crippen molar-refractivity contribution in [2.75, 3.05) is 0 Å². The van der Waals surface area contributed by atoms with Crippen LogP contribution >= 0.6 is 24.0 Å². The Morgan fingerprint density at radius 1 is 1.14 bits per heavy atom. The predicted molar refractivity (Wildman–Crippen MR) is 114 cm³/mol. The number of phenols is 2. The molecule has 0 radical (unpaired) electrons. The van der Waals surface area contributed by atoms with E-state index in [9.17, 15) is 19.8 Å². The number of carbonyl (C=O) groups excluding carboxylic acids is 2. The second kappa shape index (κ2) is 6.74. The summed E-state index contributed by atoms with van der Waals surface area (Å²) >= 11 is 6.46. The zero-order valence-corrected chi connectivity index (χ0v) is 17.4. The number of thiocarbonyl (C=S) groups is 1. The second-order valence-corrected chi connectivity index (χ2v) is 10.6. The van der Waals surface area contributed by atoms with Gasteiger partial charge >= 0.3 is 0 Å². The first-order valence-corrected chi connectivity index (χ1v) is 11.2. The highest BCUT2D eigenvalue weighted by atomic mass is 32.2. The van der Waals surface area contributed by atoms with Crippen LogP contribution in [0.25, 0.3) is 6.08 Å². The van der Waals surface area contributed by atoms with Crippen LogP contribution in [-0.2, 0) is 9.59 Å². The maximum atomic E-state index is 13.2. The number of carbonyl (C=O) groups is 2. The lowest BCUT2D eigenvalue weighted by Crippen LogP contribution is -2.57. The zero-order valence-electron chi connectivity index (χ0n) is 15.8. The first-order valence-electron chi connectivity index (χ1n) is 9.94. The molecule has 4 saturated carbocycles. The molecule has 5 fully saturated rings. The highest BCUT2D eigenvalue weighted by molar-refractivity contribution is 8.26. The Morgan fingerprint density at radius 3 is 2.34 bits per heavy atom. The number of nitrogens with one attached hydrogen (secondary N) is 1. The van der Waals surface area contributed by atoms with E-state index in [-0.39, 0.29) is 28.7 Å². The summed E-state index contributed by atoms with van der Waals surface area (Å²) in [6.07, 6.45) is 8.09. The van der Waals surface area contributed by atoms with Gasteiger partial charge in [0.15, 0.2) is 15.8 Å². The molecule has 0 atom stereocenters. The third-order valence-corrected chi connectivity index (χ3v) is 8.13. The first kappa shape index (κ1) is 18.9. The van der Waals surface area contributed by atoms with Crippen molar-refractivity contribution in [1.29, 1.82) is 0 Å². The third-order valence-electron chi connectivity index (χ3n) is 6.82. The van der Waals surface area contributed by atoms with Crippen LogP contribution in [0.3, 0.4) is 0 Å². The first-order chi connectivity index (χ1) is 13.8. The van der Waals surface area contributed by atoms with E-state index < -0.39 is 0 Å². The van der Waals surface area contributed by atoms with Crippen LogP contribution in [-0.4, -0.2) is 31.4 Å². The van der Waals surface area contributed by atoms with Crippen LogP contribution in [0.1, 0.15) is 44.1 Å². The molecule has 1 aliphatic heterocycles. The Morgan fingerprint density at radius 2 is 1.76 bits per heavy atom. The molecule has 29 heavy (non-hydrogen) atoms. The van der Waals surface area contributed by atoms with Gasteiger partial charge in [0.2, 0.25) is 5.91 Å². The minimum Gasteiger partial charge on any atom is -0.504 e. The third kappa shape index (κ3) is 3.22. The molecule has 8 heteroatoms. The van der Waals surface area contributed by atoms with Gasteiger partial charge in [0, 0.05) is 0 Å². The molecule has 0 spiro atoms. The van der Waals surface area contributed by atoms with E-state index in [1.54, 1.807) is 12.1 Å². The lowest BCUT2D eigenvalue weighted by atomic mass is 9.49. The molecule has 4 bridgehead atoms. The Labute approximate surface area is 178 Å². The number of rotatable bonds is 3. The summed E-state index contributed by atoms with van der Waals surface area (Å²) in [6, 6.07) is 4.32. The number of thioether (sulfide) groups is 1. The summed E-state index contributed by atoms with van der Waals surface area (Å²) in [7, 11) is 0. The van der Waals surface area contributed by atoms with E-state index in [0.29, 0.717) is 32.5 Å². The number of hydrogen-bond acceptors (Lipinski definition) is 6. The normalized spacial score (nSPS) is 34.3. The van der Waals surface area contributed by atoms with Crippen molar-refractivity contribution < 1.29 is 19.8 Å². The van der Waals surface area contributed by atoms with Gasteiger partial charge < -0.3 is 10.2 Å². The van der Waals surface area contributed by atoms with Gasteiger partial charge in [-0.05, 0) is 92.3 Å². The highest BCUT2D eigenvalue weighted by Crippen LogP contribution is 2.60. The molecule has 4 aliphatic carbocycles. The molecule has 1 aromatic rings. The molecule has 0 unspecified atom stereocenters. The fourth-order valence-corrected chi connectivity index (χ4v) is 7.13. The van der Waals surface area contributed by atoms with Crippen molar-refractivity contribution in [2.24, 2.45) is 23.2 Å². The van der Waals surface area contributed by atoms with Crippen LogP contribution in [0, 0.1) is 23.2 Å². The molecule has 6 rings (SSSR count). The Hall–Kier alpha value is -2.06. The van der Waals surface area contributed by atoms with E-state index in [2.05, 4.69) is 5.43 Å². The Balaban J connectivity index is 1.33. The average molecular weight is 431 g/mol. The molecule has 6 nitrogen and oxygen atoms in total. The van der Waals surface area contributed by atoms with Gasteiger partial charge in [-0.1, -0.05) is 17.8 Å². The molecule has 1 aromatic carbocycles. The second-order valence-electron chi connectivity index (χ2n) is 8.90. The maximum absolute atomic E-state index is 13.2.